The van der Waals surface area contributed by atoms with Gasteiger partial charge in [-0.2, -0.15) is 13.2 Å². The lowest BCUT2D eigenvalue weighted by molar-refractivity contribution is -0.167. The van der Waals surface area contributed by atoms with E-state index in [1.807, 2.05) is 0 Å². The van der Waals surface area contributed by atoms with Crippen molar-refractivity contribution in [2.45, 2.75) is 6.18 Å². The molecule has 20 heavy (non-hydrogen) atoms. The molecule has 0 spiro atoms. The van der Waals surface area contributed by atoms with Crippen LogP contribution in [0.25, 0.3) is 10.8 Å². The minimum atomic E-state index is -5.02. The first-order valence-corrected chi connectivity index (χ1v) is 5.29. The highest BCUT2D eigenvalue weighted by atomic mass is 19.4. The second-order valence-electron chi connectivity index (χ2n) is 3.84. The van der Waals surface area contributed by atoms with Crippen molar-refractivity contribution in [1.82, 2.24) is 4.98 Å². The van der Waals surface area contributed by atoms with E-state index >= 15 is 0 Å². The lowest BCUT2D eigenvalue weighted by Crippen LogP contribution is -2.30. The Hall–Kier alpha value is -2.64. The summed E-state index contributed by atoms with van der Waals surface area (Å²) in [6, 6.07) is 3.54. The summed E-state index contributed by atoms with van der Waals surface area (Å²) in [6.07, 6.45) is -2.52. The molecular formula is C12H7F3N2O3. The van der Waals surface area contributed by atoms with Gasteiger partial charge in [0.15, 0.2) is 0 Å². The smallest absolute Gasteiger partial charge is 0.471 e. The van der Waals surface area contributed by atoms with Gasteiger partial charge in [-0.3, -0.25) is 9.78 Å². The Labute approximate surface area is 110 Å². The molecule has 8 heteroatoms. The van der Waals surface area contributed by atoms with Gasteiger partial charge < -0.3 is 10.4 Å². The third kappa shape index (κ3) is 2.53. The number of halogens is 3. The number of carboxylic acid groups (broad SMARTS) is 1. The summed E-state index contributed by atoms with van der Waals surface area (Å²) >= 11 is 0. The molecule has 0 fully saturated rings. The Morgan fingerprint density at radius 2 is 1.85 bits per heavy atom. The molecule has 104 valence electrons. The van der Waals surface area contributed by atoms with Gasteiger partial charge >= 0.3 is 18.1 Å². The van der Waals surface area contributed by atoms with Gasteiger partial charge in [0.1, 0.15) is 0 Å². The SMILES string of the molecule is O=C(O)c1ccc(NC(=O)C(F)(F)F)c2ccncc12. The van der Waals surface area contributed by atoms with Gasteiger partial charge in [-0.1, -0.05) is 0 Å². The van der Waals surface area contributed by atoms with Crippen molar-refractivity contribution in [3.05, 3.63) is 36.2 Å². The van der Waals surface area contributed by atoms with Gasteiger partial charge in [0.25, 0.3) is 0 Å². The average molecular weight is 284 g/mol. The first kappa shape index (κ1) is 13.8. The second kappa shape index (κ2) is 4.80. The Balaban J connectivity index is 2.54. The predicted molar refractivity (Wildman–Crippen MR) is 63.4 cm³/mol. The van der Waals surface area contributed by atoms with Crippen molar-refractivity contribution in [2.75, 3.05) is 5.32 Å². The molecule has 0 bridgehead atoms. The van der Waals surface area contributed by atoms with E-state index in [1.165, 1.54) is 18.5 Å². The van der Waals surface area contributed by atoms with Crippen molar-refractivity contribution in [1.29, 1.82) is 0 Å². The molecular weight excluding hydrogens is 277 g/mol. The van der Waals surface area contributed by atoms with Gasteiger partial charge in [0.05, 0.1) is 5.56 Å². The predicted octanol–water partition coefficient (Wildman–Crippen LogP) is 2.43. The number of hydrogen-bond donors (Lipinski definition) is 2. The Morgan fingerprint density at radius 1 is 1.15 bits per heavy atom. The largest absolute Gasteiger partial charge is 0.478 e. The summed E-state index contributed by atoms with van der Waals surface area (Å²) in [5.41, 5.74) is -0.243. The summed E-state index contributed by atoms with van der Waals surface area (Å²) in [5.74, 6) is -3.37. The summed E-state index contributed by atoms with van der Waals surface area (Å²) in [6.45, 7) is 0. The number of alkyl halides is 3. The molecule has 0 aliphatic heterocycles. The number of carbonyl (C=O) groups is 2. The molecule has 1 aromatic carbocycles. The fraction of sp³-hybridized carbons (Fsp3) is 0.0833. The zero-order valence-electron chi connectivity index (χ0n) is 9.73. The maximum Gasteiger partial charge on any atom is 0.471 e. The van der Waals surface area contributed by atoms with Crippen LogP contribution in [0.5, 0.6) is 0 Å². The van der Waals surface area contributed by atoms with Crippen LogP contribution >= 0.6 is 0 Å². The van der Waals surface area contributed by atoms with Crippen LogP contribution in [0.3, 0.4) is 0 Å². The molecule has 2 aromatic rings. The molecule has 0 unspecified atom stereocenters. The van der Waals surface area contributed by atoms with Crippen molar-refractivity contribution in [2.24, 2.45) is 0 Å². The summed E-state index contributed by atoms with van der Waals surface area (Å²) in [5, 5.41) is 11.0. The van der Waals surface area contributed by atoms with E-state index in [0.29, 0.717) is 0 Å². The van der Waals surface area contributed by atoms with Gasteiger partial charge in [0.2, 0.25) is 0 Å². The number of nitrogens with one attached hydrogen (secondary N) is 1. The maximum absolute atomic E-state index is 12.2. The number of carbonyl (C=O) groups excluding carboxylic acids is 1. The second-order valence-corrected chi connectivity index (χ2v) is 3.84. The highest BCUT2D eigenvalue weighted by molar-refractivity contribution is 6.10. The number of fused-ring (bicyclic) bond motifs is 1. The lowest BCUT2D eigenvalue weighted by Gasteiger charge is -2.11. The number of benzene rings is 1. The summed E-state index contributed by atoms with van der Waals surface area (Å²) in [7, 11) is 0. The van der Waals surface area contributed by atoms with Crippen molar-refractivity contribution >= 4 is 28.3 Å². The number of hydrogen-bond acceptors (Lipinski definition) is 3. The van der Waals surface area contributed by atoms with E-state index in [1.54, 1.807) is 5.32 Å². The minimum Gasteiger partial charge on any atom is -0.478 e. The monoisotopic (exact) mass is 284 g/mol. The van der Waals surface area contributed by atoms with E-state index in [2.05, 4.69) is 4.98 Å². The fourth-order valence-electron chi connectivity index (χ4n) is 1.68. The summed E-state index contributed by atoms with van der Waals surface area (Å²) < 4.78 is 36.7. The number of aromatic nitrogens is 1. The third-order valence-electron chi connectivity index (χ3n) is 2.55. The van der Waals surface area contributed by atoms with Crippen LogP contribution < -0.4 is 5.32 Å². The molecule has 5 nitrogen and oxygen atoms in total. The van der Waals surface area contributed by atoms with E-state index in [0.717, 1.165) is 12.1 Å². The highest BCUT2D eigenvalue weighted by Gasteiger charge is 2.38. The topological polar surface area (TPSA) is 79.3 Å². The molecule has 0 aliphatic carbocycles. The molecule has 2 rings (SSSR count). The molecule has 1 heterocycles. The van der Waals surface area contributed by atoms with Crippen molar-refractivity contribution in [3.8, 4) is 0 Å². The number of aromatic carboxylic acids is 1. The molecule has 0 aliphatic rings. The zero-order chi connectivity index (χ0) is 14.9. The molecule has 1 amide bonds. The van der Waals surface area contributed by atoms with E-state index < -0.39 is 18.1 Å². The van der Waals surface area contributed by atoms with Gasteiger partial charge in [-0.15, -0.1) is 0 Å². The molecule has 0 radical (unpaired) electrons. The van der Waals surface area contributed by atoms with E-state index in [-0.39, 0.29) is 22.0 Å². The summed E-state index contributed by atoms with van der Waals surface area (Å²) in [4.78, 5) is 25.7. The molecule has 0 saturated heterocycles. The number of pyridine rings is 1. The van der Waals surface area contributed by atoms with Crippen LogP contribution in [0.1, 0.15) is 10.4 Å². The first-order chi connectivity index (χ1) is 9.30. The lowest BCUT2D eigenvalue weighted by atomic mass is 10.1. The zero-order valence-corrected chi connectivity index (χ0v) is 9.73. The molecule has 1 aromatic heterocycles. The Morgan fingerprint density at radius 3 is 2.45 bits per heavy atom. The number of carboxylic acids is 1. The number of rotatable bonds is 2. The van der Waals surface area contributed by atoms with Crippen LogP contribution in [-0.2, 0) is 4.79 Å². The van der Waals surface area contributed by atoms with Crippen molar-refractivity contribution < 1.29 is 27.9 Å². The van der Waals surface area contributed by atoms with E-state index in [9.17, 15) is 22.8 Å². The minimum absolute atomic E-state index is 0.113. The van der Waals surface area contributed by atoms with Crippen LogP contribution in [0.4, 0.5) is 18.9 Å². The third-order valence-corrected chi connectivity index (χ3v) is 2.55. The van der Waals surface area contributed by atoms with Crippen LogP contribution in [0.15, 0.2) is 30.6 Å². The maximum atomic E-state index is 12.2. The average Bonchev–Trinajstić information content (AvgIpc) is 2.37. The van der Waals surface area contributed by atoms with Gasteiger partial charge in [-0.05, 0) is 18.2 Å². The fourth-order valence-corrected chi connectivity index (χ4v) is 1.68. The van der Waals surface area contributed by atoms with Crippen LogP contribution in [-0.4, -0.2) is 28.1 Å². The van der Waals surface area contributed by atoms with Crippen LogP contribution in [0, 0.1) is 0 Å². The molecule has 2 N–H and O–H groups in total. The number of anilines is 1. The van der Waals surface area contributed by atoms with Crippen molar-refractivity contribution in [3.63, 3.8) is 0 Å². The van der Waals surface area contributed by atoms with Crippen LogP contribution in [0.2, 0.25) is 0 Å². The Bertz CT molecular complexity index is 698. The number of nitrogens with zero attached hydrogens (tertiary/aromatic N) is 1. The number of amides is 1. The first-order valence-electron chi connectivity index (χ1n) is 5.29. The Kier molecular flexibility index (Phi) is 3.31. The highest BCUT2D eigenvalue weighted by Crippen LogP contribution is 2.27. The molecule has 0 atom stereocenters. The standard InChI is InChI=1S/C12H7F3N2O3/c13-12(14,15)11(20)17-9-2-1-7(10(18)19)8-5-16-4-3-6(8)9/h1-5H,(H,17,20)(H,18,19). The van der Waals surface area contributed by atoms with Gasteiger partial charge in [-0.25, -0.2) is 4.79 Å². The quantitative estimate of drug-likeness (QED) is 0.887. The normalized spacial score (nSPS) is 11.3. The van der Waals surface area contributed by atoms with Gasteiger partial charge in [0, 0.05) is 28.9 Å². The van der Waals surface area contributed by atoms with E-state index in [4.69, 9.17) is 5.11 Å². The molecule has 0 saturated carbocycles.